The first-order valence-electron chi connectivity index (χ1n) is 5.44. The molecule has 1 aliphatic heterocycles. The van der Waals surface area contributed by atoms with Crippen molar-refractivity contribution in [1.29, 1.82) is 0 Å². The summed E-state index contributed by atoms with van der Waals surface area (Å²) in [7, 11) is 2.83. The molecule has 0 aromatic carbocycles. The van der Waals surface area contributed by atoms with Crippen molar-refractivity contribution in [2.24, 2.45) is 7.05 Å². The maximum Gasteiger partial charge on any atom is 0.293 e. The van der Waals surface area contributed by atoms with Crippen molar-refractivity contribution in [2.75, 3.05) is 13.6 Å². The van der Waals surface area contributed by atoms with Gasteiger partial charge in [0.05, 0.1) is 5.56 Å². The molecule has 0 unspecified atom stereocenters. The minimum Gasteiger partial charge on any atom is -0.502 e. The van der Waals surface area contributed by atoms with Gasteiger partial charge >= 0.3 is 0 Å². The van der Waals surface area contributed by atoms with E-state index in [0.29, 0.717) is 18.5 Å². The Labute approximate surface area is 102 Å². The summed E-state index contributed by atoms with van der Waals surface area (Å²) in [6.07, 6.45) is 0.394. The van der Waals surface area contributed by atoms with Gasteiger partial charge in [0.25, 0.3) is 17.4 Å². The third-order valence-electron chi connectivity index (χ3n) is 3.00. The minimum absolute atomic E-state index is 0.0945. The Morgan fingerprint density at radius 1 is 1.44 bits per heavy atom. The highest BCUT2D eigenvalue weighted by Crippen LogP contribution is 2.23. The number of fused-ring (bicyclic) bond motifs is 1. The summed E-state index contributed by atoms with van der Waals surface area (Å²) in [5.74, 6) is -1.60. The molecule has 96 valence electrons. The van der Waals surface area contributed by atoms with E-state index in [4.69, 9.17) is 0 Å². The Bertz CT molecular complexity index is 603. The van der Waals surface area contributed by atoms with Gasteiger partial charge in [0.2, 0.25) is 0 Å². The molecule has 0 aliphatic carbocycles. The van der Waals surface area contributed by atoms with Gasteiger partial charge in [-0.1, -0.05) is 0 Å². The summed E-state index contributed by atoms with van der Waals surface area (Å²) in [5, 5.41) is 14.7. The number of aromatic hydroxyl groups is 1. The molecule has 0 atom stereocenters. The first-order valence-corrected chi connectivity index (χ1v) is 5.44. The smallest absolute Gasteiger partial charge is 0.293 e. The standard InChI is InChI=1S/C11H13N3O4/c1-12-10(17)7-5-3-4-13-9(16)6(5)8(15)11(18)14(7)2/h15H,3-4H2,1-2H3,(H,12,17)(H,13,16). The molecule has 0 fully saturated rings. The zero-order valence-corrected chi connectivity index (χ0v) is 10.0. The number of nitrogens with one attached hydrogen (secondary N) is 2. The van der Waals surface area contributed by atoms with E-state index in [1.165, 1.54) is 14.1 Å². The number of rotatable bonds is 1. The molecule has 7 heteroatoms. The second-order valence-corrected chi connectivity index (χ2v) is 4.00. The number of aromatic nitrogens is 1. The Hall–Kier alpha value is -2.31. The number of pyridine rings is 1. The van der Waals surface area contributed by atoms with E-state index in [1.54, 1.807) is 0 Å². The highest BCUT2D eigenvalue weighted by molar-refractivity contribution is 6.03. The SMILES string of the molecule is CNC(=O)c1c2c(c(O)c(=O)n1C)C(=O)NCC2. The molecular formula is C11H13N3O4. The van der Waals surface area contributed by atoms with E-state index in [1.807, 2.05) is 0 Å². The summed E-state index contributed by atoms with van der Waals surface area (Å²) in [4.78, 5) is 35.3. The maximum absolute atomic E-state index is 11.8. The zero-order valence-electron chi connectivity index (χ0n) is 10.0. The van der Waals surface area contributed by atoms with Gasteiger partial charge in [-0.2, -0.15) is 0 Å². The number of carbonyl (C=O) groups excluding carboxylic acids is 2. The summed E-state index contributed by atoms with van der Waals surface area (Å²) in [6.45, 7) is 0.369. The molecule has 18 heavy (non-hydrogen) atoms. The Balaban J connectivity index is 2.86. The van der Waals surface area contributed by atoms with E-state index < -0.39 is 23.1 Å². The van der Waals surface area contributed by atoms with Gasteiger partial charge in [-0.3, -0.25) is 14.4 Å². The average molecular weight is 251 g/mol. The lowest BCUT2D eigenvalue weighted by molar-refractivity contribution is 0.0939. The monoisotopic (exact) mass is 251 g/mol. The van der Waals surface area contributed by atoms with Crippen molar-refractivity contribution in [1.82, 2.24) is 15.2 Å². The van der Waals surface area contributed by atoms with Crippen LogP contribution in [0, 0.1) is 0 Å². The number of hydrogen-bond acceptors (Lipinski definition) is 4. The quantitative estimate of drug-likeness (QED) is 0.579. The van der Waals surface area contributed by atoms with E-state index in [-0.39, 0.29) is 11.3 Å². The fourth-order valence-corrected chi connectivity index (χ4v) is 2.12. The summed E-state index contributed by atoms with van der Waals surface area (Å²) < 4.78 is 1.06. The fourth-order valence-electron chi connectivity index (χ4n) is 2.12. The Morgan fingerprint density at radius 3 is 2.72 bits per heavy atom. The first-order chi connectivity index (χ1) is 8.49. The molecule has 1 aliphatic rings. The maximum atomic E-state index is 11.8. The van der Waals surface area contributed by atoms with Crippen LogP contribution in [0.25, 0.3) is 0 Å². The van der Waals surface area contributed by atoms with E-state index in [9.17, 15) is 19.5 Å². The third kappa shape index (κ3) is 1.55. The lowest BCUT2D eigenvalue weighted by atomic mass is 9.97. The summed E-state index contributed by atoms with van der Waals surface area (Å²) in [5.41, 5.74) is -0.338. The Kier molecular flexibility index (Phi) is 2.82. The van der Waals surface area contributed by atoms with Crippen molar-refractivity contribution in [3.63, 3.8) is 0 Å². The van der Waals surface area contributed by atoms with Crippen LogP contribution in [0.2, 0.25) is 0 Å². The van der Waals surface area contributed by atoms with E-state index in [2.05, 4.69) is 10.6 Å². The molecule has 0 saturated carbocycles. The normalized spacial score (nSPS) is 13.8. The molecule has 2 amide bonds. The van der Waals surface area contributed by atoms with Crippen LogP contribution in [-0.2, 0) is 13.5 Å². The molecule has 1 aromatic heterocycles. The van der Waals surface area contributed by atoms with Crippen LogP contribution in [0.15, 0.2) is 4.79 Å². The van der Waals surface area contributed by atoms with Crippen molar-refractivity contribution >= 4 is 11.8 Å². The zero-order chi connectivity index (χ0) is 13.4. The molecule has 7 nitrogen and oxygen atoms in total. The van der Waals surface area contributed by atoms with Gasteiger partial charge in [-0.15, -0.1) is 0 Å². The third-order valence-corrected chi connectivity index (χ3v) is 3.00. The summed E-state index contributed by atoms with van der Waals surface area (Å²) in [6, 6.07) is 0. The van der Waals surface area contributed by atoms with Gasteiger partial charge in [0.15, 0.2) is 5.75 Å². The second kappa shape index (κ2) is 4.17. The molecule has 0 radical (unpaired) electrons. The first kappa shape index (κ1) is 12.2. The largest absolute Gasteiger partial charge is 0.502 e. The number of nitrogens with zero attached hydrogens (tertiary/aromatic N) is 1. The lowest BCUT2D eigenvalue weighted by Crippen LogP contribution is -2.39. The van der Waals surface area contributed by atoms with Crippen LogP contribution in [0.4, 0.5) is 0 Å². The molecular weight excluding hydrogens is 238 g/mol. The molecule has 0 spiro atoms. The fraction of sp³-hybridized carbons (Fsp3) is 0.364. The van der Waals surface area contributed by atoms with Crippen molar-refractivity contribution in [3.8, 4) is 5.75 Å². The predicted octanol–water partition coefficient (Wildman–Crippen LogP) is -1.26. The molecule has 3 N–H and O–H groups in total. The molecule has 0 saturated heterocycles. The minimum atomic E-state index is -0.760. The van der Waals surface area contributed by atoms with Crippen molar-refractivity contribution in [2.45, 2.75) is 6.42 Å². The van der Waals surface area contributed by atoms with Gasteiger partial charge < -0.3 is 20.3 Å². The topological polar surface area (TPSA) is 100 Å². The number of hydrogen-bond donors (Lipinski definition) is 3. The van der Waals surface area contributed by atoms with E-state index in [0.717, 1.165) is 4.57 Å². The van der Waals surface area contributed by atoms with Crippen LogP contribution >= 0.6 is 0 Å². The highest BCUT2D eigenvalue weighted by Gasteiger charge is 2.29. The van der Waals surface area contributed by atoms with Crippen LogP contribution in [0.3, 0.4) is 0 Å². The van der Waals surface area contributed by atoms with Crippen LogP contribution in [0.1, 0.15) is 26.4 Å². The van der Waals surface area contributed by atoms with Crippen LogP contribution in [0.5, 0.6) is 5.75 Å². The van der Waals surface area contributed by atoms with Gasteiger partial charge in [0.1, 0.15) is 5.69 Å². The predicted molar refractivity (Wildman–Crippen MR) is 62.8 cm³/mol. The van der Waals surface area contributed by atoms with Crippen LogP contribution < -0.4 is 16.2 Å². The lowest BCUT2D eigenvalue weighted by Gasteiger charge is -2.21. The second-order valence-electron chi connectivity index (χ2n) is 4.00. The number of amides is 2. The van der Waals surface area contributed by atoms with E-state index >= 15 is 0 Å². The van der Waals surface area contributed by atoms with Gasteiger partial charge in [-0.25, -0.2) is 0 Å². The number of carbonyl (C=O) groups is 2. The molecule has 2 heterocycles. The Morgan fingerprint density at radius 2 is 2.11 bits per heavy atom. The molecule has 1 aromatic rings. The molecule has 2 rings (SSSR count). The molecule has 0 bridgehead atoms. The van der Waals surface area contributed by atoms with Gasteiger partial charge in [0, 0.05) is 20.6 Å². The average Bonchev–Trinajstić information content (AvgIpc) is 2.35. The van der Waals surface area contributed by atoms with Gasteiger partial charge in [-0.05, 0) is 12.0 Å². The summed E-state index contributed by atoms with van der Waals surface area (Å²) >= 11 is 0. The van der Waals surface area contributed by atoms with Crippen LogP contribution in [-0.4, -0.2) is 35.1 Å². The van der Waals surface area contributed by atoms with Crippen molar-refractivity contribution in [3.05, 3.63) is 27.2 Å². The van der Waals surface area contributed by atoms with Crippen molar-refractivity contribution < 1.29 is 14.7 Å². The highest BCUT2D eigenvalue weighted by atomic mass is 16.3.